The van der Waals surface area contributed by atoms with E-state index in [1.165, 1.54) is 6.07 Å². The number of nitriles is 1. The Balaban J connectivity index is 3.09. The summed E-state index contributed by atoms with van der Waals surface area (Å²) in [7, 11) is 1.62. The first-order chi connectivity index (χ1) is 6.19. The van der Waals surface area contributed by atoms with E-state index in [-0.39, 0.29) is 5.82 Å². The fourth-order valence-corrected chi connectivity index (χ4v) is 1.36. The lowest BCUT2D eigenvalue weighted by Gasteiger charge is -2.08. The third kappa shape index (κ3) is 2.27. The first-order valence-corrected chi connectivity index (χ1v) is 4.50. The fourth-order valence-electron chi connectivity index (χ4n) is 1.03. The van der Waals surface area contributed by atoms with Gasteiger partial charge in [-0.1, -0.05) is 22.0 Å². The molecule has 1 aromatic rings. The van der Waals surface area contributed by atoms with Crippen molar-refractivity contribution in [2.75, 3.05) is 7.05 Å². The molecule has 1 atom stereocenters. The van der Waals surface area contributed by atoms with E-state index in [0.717, 1.165) is 0 Å². The first-order valence-electron chi connectivity index (χ1n) is 3.71. The van der Waals surface area contributed by atoms with Crippen LogP contribution in [0.5, 0.6) is 0 Å². The number of halogens is 2. The fraction of sp³-hybridized carbons (Fsp3) is 0.222. The standard InChI is InChI=1S/C9H8BrFN2/c1-13-9(5-12)7-3-2-6(10)4-8(7)11/h2-4,9,13H,1H3. The highest BCUT2D eigenvalue weighted by molar-refractivity contribution is 9.10. The molecule has 0 amide bonds. The van der Waals surface area contributed by atoms with Gasteiger partial charge >= 0.3 is 0 Å². The number of hydrogen-bond acceptors (Lipinski definition) is 2. The van der Waals surface area contributed by atoms with Gasteiger partial charge in [0.15, 0.2) is 0 Å². The van der Waals surface area contributed by atoms with E-state index in [2.05, 4.69) is 21.2 Å². The second kappa shape index (κ2) is 4.35. The van der Waals surface area contributed by atoms with E-state index in [1.54, 1.807) is 19.2 Å². The molecule has 0 heterocycles. The van der Waals surface area contributed by atoms with Crippen molar-refractivity contribution in [3.05, 3.63) is 34.1 Å². The Bertz CT molecular complexity index is 346. The average Bonchev–Trinajstić information content (AvgIpc) is 2.10. The van der Waals surface area contributed by atoms with Crippen LogP contribution in [0.4, 0.5) is 4.39 Å². The van der Waals surface area contributed by atoms with Crippen molar-refractivity contribution < 1.29 is 4.39 Å². The van der Waals surface area contributed by atoms with Crippen LogP contribution in [0.15, 0.2) is 22.7 Å². The van der Waals surface area contributed by atoms with Gasteiger partial charge in [0.05, 0.1) is 6.07 Å². The lowest BCUT2D eigenvalue weighted by molar-refractivity contribution is 0.584. The Morgan fingerprint density at radius 1 is 1.62 bits per heavy atom. The van der Waals surface area contributed by atoms with Crippen molar-refractivity contribution in [2.24, 2.45) is 0 Å². The Morgan fingerprint density at radius 3 is 2.77 bits per heavy atom. The van der Waals surface area contributed by atoms with Crippen LogP contribution < -0.4 is 5.32 Å². The van der Waals surface area contributed by atoms with Crippen molar-refractivity contribution in [1.29, 1.82) is 5.26 Å². The molecular weight excluding hydrogens is 235 g/mol. The largest absolute Gasteiger partial charge is 0.301 e. The van der Waals surface area contributed by atoms with Crippen molar-refractivity contribution in [1.82, 2.24) is 5.32 Å². The van der Waals surface area contributed by atoms with E-state index in [0.29, 0.717) is 10.0 Å². The molecule has 0 fully saturated rings. The van der Waals surface area contributed by atoms with Gasteiger partial charge in [0.25, 0.3) is 0 Å². The minimum absolute atomic E-state index is 0.369. The van der Waals surface area contributed by atoms with Crippen molar-refractivity contribution >= 4 is 15.9 Å². The number of nitrogens with one attached hydrogen (secondary N) is 1. The summed E-state index contributed by atoms with van der Waals surface area (Å²) < 4.78 is 13.9. The maximum absolute atomic E-state index is 13.3. The summed E-state index contributed by atoms with van der Waals surface area (Å²) in [6.07, 6.45) is 0. The molecule has 1 N–H and O–H groups in total. The number of hydrogen-bond donors (Lipinski definition) is 1. The summed E-state index contributed by atoms with van der Waals surface area (Å²) in [4.78, 5) is 0. The highest BCUT2D eigenvalue weighted by Gasteiger charge is 2.12. The molecule has 68 valence electrons. The van der Waals surface area contributed by atoms with Gasteiger partial charge in [-0.2, -0.15) is 5.26 Å². The van der Waals surface area contributed by atoms with Gasteiger partial charge in [0.1, 0.15) is 11.9 Å². The molecule has 1 aromatic carbocycles. The molecule has 0 aliphatic heterocycles. The number of nitrogens with zero attached hydrogens (tertiary/aromatic N) is 1. The van der Waals surface area contributed by atoms with Gasteiger partial charge in [0.2, 0.25) is 0 Å². The lowest BCUT2D eigenvalue weighted by atomic mass is 10.1. The van der Waals surface area contributed by atoms with Gasteiger partial charge in [-0.05, 0) is 19.2 Å². The quantitative estimate of drug-likeness (QED) is 0.865. The maximum atomic E-state index is 13.3. The molecule has 4 heteroatoms. The third-order valence-corrected chi connectivity index (χ3v) is 2.18. The van der Waals surface area contributed by atoms with Crippen molar-refractivity contribution in [2.45, 2.75) is 6.04 Å². The predicted octanol–water partition coefficient (Wildman–Crippen LogP) is 2.37. The molecule has 0 spiro atoms. The maximum Gasteiger partial charge on any atom is 0.130 e. The van der Waals surface area contributed by atoms with Crippen LogP contribution >= 0.6 is 15.9 Å². The Morgan fingerprint density at radius 2 is 2.31 bits per heavy atom. The number of rotatable bonds is 2. The van der Waals surface area contributed by atoms with Gasteiger partial charge in [-0.15, -0.1) is 0 Å². The highest BCUT2D eigenvalue weighted by Crippen LogP contribution is 2.20. The van der Waals surface area contributed by atoms with Gasteiger partial charge < -0.3 is 5.32 Å². The second-order valence-electron chi connectivity index (χ2n) is 2.52. The van der Waals surface area contributed by atoms with Gasteiger partial charge in [-0.3, -0.25) is 0 Å². The molecule has 0 aliphatic rings. The molecule has 13 heavy (non-hydrogen) atoms. The summed E-state index contributed by atoms with van der Waals surface area (Å²) in [5.41, 5.74) is 0.369. The smallest absolute Gasteiger partial charge is 0.130 e. The van der Waals surface area contributed by atoms with Crippen molar-refractivity contribution in [3.63, 3.8) is 0 Å². The summed E-state index contributed by atoms with van der Waals surface area (Å²) >= 11 is 3.15. The molecule has 1 rings (SSSR count). The van der Waals surface area contributed by atoms with Crippen molar-refractivity contribution in [3.8, 4) is 6.07 Å². The van der Waals surface area contributed by atoms with E-state index in [1.807, 2.05) is 6.07 Å². The van der Waals surface area contributed by atoms with Gasteiger partial charge in [-0.25, -0.2) is 4.39 Å². The molecule has 0 bridgehead atoms. The van der Waals surface area contributed by atoms with Crippen LogP contribution in [0.2, 0.25) is 0 Å². The summed E-state index contributed by atoms with van der Waals surface area (Å²) in [5, 5.41) is 11.4. The van der Waals surface area contributed by atoms with Crippen LogP contribution in [-0.2, 0) is 0 Å². The zero-order chi connectivity index (χ0) is 9.84. The molecule has 0 aliphatic carbocycles. The molecule has 1 unspecified atom stereocenters. The Hall–Kier alpha value is -0.920. The molecule has 0 saturated carbocycles. The summed E-state index contributed by atoms with van der Waals surface area (Å²) in [5.74, 6) is -0.379. The summed E-state index contributed by atoms with van der Waals surface area (Å²) in [6.45, 7) is 0. The highest BCUT2D eigenvalue weighted by atomic mass is 79.9. The molecule has 2 nitrogen and oxygen atoms in total. The van der Waals surface area contributed by atoms with E-state index >= 15 is 0 Å². The zero-order valence-electron chi connectivity index (χ0n) is 7.01. The van der Waals surface area contributed by atoms with Crippen LogP contribution in [0.25, 0.3) is 0 Å². The normalized spacial score (nSPS) is 12.2. The minimum atomic E-state index is -0.590. The van der Waals surface area contributed by atoms with E-state index in [4.69, 9.17) is 5.26 Å². The lowest BCUT2D eigenvalue weighted by Crippen LogP contribution is -2.15. The van der Waals surface area contributed by atoms with Crippen LogP contribution in [0, 0.1) is 17.1 Å². The number of benzene rings is 1. The van der Waals surface area contributed by atoms with Crippen LogP contribution in [0.3, 0.4) is 0 Å². The van der Waals surface area contributed by atoms with Gasteiger partial charge in [0, 0.05) is 10.0 Å². The zero-order valence-corrected chi connectivity index (χ0v) is 8.60. The molecule has 0 saturated heterocycles. The topological polar surface area (TPSA) is 35.8 Å². The Kier molecular flexibility index (Phi) is 3.40. The second-order valence-corrected chi connectivity index (χ2v) is 3.43. The predicted molar refractivity (Wildman–Crippen MR) is 51.5 cm³/mol. The SMILES string of the molecule is CNC(C#N)c1ccc(Br)cc1F. The van der Waals surface area contributed by atoms with Crippen LogP contribution in [-0.4, -0.2) is 7.05 Å². The molecular formula is C9H8BrFN2. The molecule has 0 radical (unpaired) electrons. The first kappa shape index (κ1) is 10.2. The monoisotopic (exact) mass is 242 g/mol. The Labute approximate surface area is 84.5 Å². The van der Waals surface area contributed by atoms with E-state index in [9.17, 15) is 4.39 Å². The van der Waals surface area contributed by atoms with Crippen LogP contribution in [0.1, 0.15) is 11.6 Å². The minimum Gasteiger partial charge on any atom is -0.301 e. The molecule has 0 aromatic heterocycles. The average molecular weight is 243 g/mol. The summed E-state index contributed by atoms with van der Waals surface area (Å²) in [6, 6.07) is 6.01. The van der Waals surface area contributed by atoms with E-state index < -0.39 is 6.04 Å². The third-order valence-electron chi connectivity index (χ3n) is 1.69.